The molecule has 256 valence electrons. The maximum Gasteiger partial charge on any atom is 0.329 e. The largest absolute Gasteiger partial charge is 0.461 e. The number of nitrogens with one attached hydrogen (secondary N) is 1. The van der Waals surface area contributed by atoms with Crippen LogP contribution in [0.5, 0.6) is 0 Å². The number of esters is 1. The van der Waals surface area contributed by atoms with Crippen molar-refractivity contribution in [2.24, 2.45) is 11.3 Å². The quantitative estimate of drug-likeness (QED) is 0.366. The number of likely N-dealkylation sites (tertiary alicyclic amines) is 3. The average Bonchev–Trinajstić information content (AvgIpc) is 3.68. The fourth-order valence-corrected chi connectivity index (χ4v) is 7.90. The molecule has 0 aromatic heterocycles. The Hall–Kier alpha value is -2.20. The molecule has 3 amide bonds. The minimum Gasteiger partial charge on any atom is -0.461 e. The highest BCUT2D eigenvalue weighted by atomic mass is 16.5. The number of amides is 3. The Balaban J connectivity index is 1.42. The van der Waals surface area contributed by atoms with Crippen molar-refractivity contribution in [3.63, 3.8) is 0 Å². The molecule has 45 heavy (non-hydrogen) atoms. The summed E-state index contributed by atoms with van der Waals surface area (Å²) in [5.74, 6) is -0.255. The van der Waals surface area contributed by atoms with Gasteiger partial charge >= 0.3 is 5.97 Å². The summed E-state index contributed by atoms with van der Waals surface area (Å²) in [7, 11) is 3.82. The lowest BCUT2D eigenvalue weighted by molar-refractivity contribution is -0.160. The van der Waals surface area contributed by atoms with Crippen LogP contribution < -0.4 is 5.32 Å². The molecule has 4 rings (SSSR count). The second-order valence-electron chi connectivity index (χ2n) is 15.6. The van der Waals surface area contributed by atoms with Gasteiger partial charge in [0.1, 0.15) is 18.2 Å². The van der Waals surface area contributed by atoms with Crippen LogP contribution in [0.3, 0.4) is 0 Å². The molecular weight excluding hydrogens is 570 g/mol. The summed E-state index contributed by atoms with van der Waals surface area (Å²) in [6, 6.07) is -1.82. The Morgan fingerprint density at radius 2 is 1.44 bits per heavy atom. The summed E-state index contributed by atoms with van der Waals surface area (Å²) >= 11 is 0. The zero-order valence-corrected chi connectivity index (χ0v) is 29.2. The van der Waals surface area contributed by atoms with E-state index in [4.69, 9.17) is 4.74 Å². The van der Waals surface area contributed by atoms with Crippen LogP contribution in [0.25, 0.3) is 0 Å². The van der Waals surface area contributed by atoms with Crippen LogP contribution in [-0.2, 0) is 23.9 Å². The molecule has 3 saturated heterocycles. The van der Waals surface area contributed by atoms with Crippen LogP contribution in [0.2, 0.25) is 0 Å². The molecule has 5 atom stereocenters. The van der Waals surface area contributed by atoms with Crippen molar-refractivity contribution in [1.29, 1.82) is 0 Å². The van der Waals surface area contributed by atoms with Crippen LogP contribution in [0, 0.1) is 11.3 Å². The topological polar surface area (TPSA) is 103 Å². The third kappa shape index (κ3) is 8.79. The van der Waals surface area contributed by atoms with Crippen molar-refractivity contribution in [1.82, 2.24) is 24.9 Å². The fraction of sp³-hybridized carbons (Fsp3) is 0.886. The van der Waals surface area contributed by atoms with E-state index >= 15 is 0 Å². The van der Waals surface area contributed by atoms with Crippen molar-refractivity contribution in [2.45, 2.75) is 148 Å². The van der Waals surface area contributed by atoms with Gasteiger partial charge in [-0.3, -0.25) is 24.2 Å². The number of hydrogen-bond donors (Lipinski definition) is 1. The summed E-state index contributed by atoms with van der Waals surface area (Å²) in [4.78, 5) is 62.7. The molecule has 0 aromatic carbocycles. The Labute approximate surface area is 271 Å². The standard InChI is InChI=1S/C35H61N5O5/c1-24(2)29(38(7)33(43)30(35(3,4)5)36-31(41)26-17-11-12-20-37(26)6)23-39-21-13-18-27(39)32(42)40-22-14-19-28(40)34(44)45-25-15-9-8-10-16-25/h24-30H,8-23H2,1-7H3,(H,36,41)/t26?,27-,28-,29+,30+/m0/s1. The molecule has 3 heterocycles. The zero-order valence-electron chi connectivity index (χ0n) is 29.2. The van der Waals surface area contributed by atoms with E-state index in [0.717, 1.165) is 77.3 Å². The second kappa shape index (κ2) is 15.6. The fourth-order valence-electron chi connectivity index (χ4n) is 7.90. The number of rotatable bonds is 10. The first-order valence-corrected chi connectivity index (χ1v) is 17.8. The van der Waals surface area contributed by atoms with Crippen LogP contribution in [0.15, 0.2) is 0 Å². The zero-order chi connectivity index (χ0) is 32.9. The first kappa shape index (κ1) is 35.7. The van der Waals surface area contributed by atoms with Gasteiger partial charge in [-0.05, 0) is 95.7 Å². The minimum absolute atomic E-state index is 0.0167. The number of piperidine rings is 1. The van der Waals surface area contributed by atoms with E-state index in [1.165, 1.54) is 6.42 Å². The highest BCUT2D eigenvalue weighted by Crippen LogP contribution is 2.30. The van der Waals surface area contributed by atoms with Gasteiger partial charge in [0.05, 0.1) is 12.1 Å². The monoisotopic (exact) mass is 631 g/mol. The molecule has 1 aliphatic carbocycles. The molecule has 0 spiro atoms. The number of likely N-dealkylation sites (N-methyl/N-ethyl adjacent to an activating group) is 2. The molecule has 1 N–H and O–H groups in total. The Bertz CT molecular complexity index is 1040. The SMILES string of the molecule is CC(C)[C@@H](CN1CCC[C@H]1C(=O)N1CCC[C@H]1C(=O)OC1CCCCC1)N(C)C(=O)[C@@H](NC(=O)C1CCCCN1C)C(C)(C)C. The summed E-state index contributed by atoms with van der Waals surface area (Å²) in [5, 5.41) is 3.14. The molecule has 1 saturated carbocycles. The third-order valence-electron chi connectivity index (χ3n) is 10.8. The first-order valence-electron chi connectivity index (χ1n) is 17.8. The van der Waals surface area contributed by atoms with Crippen molar-refractivity contribution in [2.75, 3.05) is 40.3 Å². The van der Waals surface area contributed by atoms with Crippen molar-refractivity contribution in [3.8, 4) is 0 Å². The third-order valence-corrected chi connectivity index (χ3v) is 10.8. The number of ether oxygens (including phenoxy) is 1. The van der Waals surface area contributed by atoms with E-state index in [1.807, 2.05) is 39.8 Å². The second-order valence-corrected chi connectivity index (χ2v) is 15.6. The van der Waals surface area contributed by atoms with Gasteiger partial charge in [0, 0.05) is 26.2 Å². The number of carbonyl (C=O) groups excluding carboxylic acids is 4. The van der Waals surface area contributed by atoms with Crippen LogP contribution in [-0.4, -0.2) is 120 Å². The van der Waals surface area contributed by atoms with E-state index in [2.05, 4.69) is 29.0 Å². The minimum atomic E-state index is -0.664. The van der Waals surface area contributed by atoms with Gasteiger partial charge in [0.2, 0.25) is 17.7 Å². The van der Waals surface area contributed by atoms with Gasteiger partial charge in [0.15, 0.2) is 0 Å². The molecule has 0 bridgehead atoms. The Morgan fingerprint density at radius 1 is 0.822 bits per heavy atom. The van der Waals surface area contributed by atoms with Gasteiger partial charge in [-0.1, -0.05) is 47.5 Å². The van der Waals surface area contributed by atoms with Crippen LogP contribution in [0.1, 0.15) is 112 Å². The van der Waals surface area contributed by atoms with Gasteiger partial charge in [-0.2, -0.15) is 0 Å². The van der Waals surface area contributed by atoms with Gasteiger partial charge in [-0.25, -0.2) is 4.79 Å². The Morgan fingerprint density at radius 3 is 2.09 bits per heavy atom. The lowest BCUT2D eigenvalue weighted by atomic mass is 9.84. The van der Waals surface area contributed by atoms with Gasteiger partial charge in [0.25, 0.3) is 0 Å². The molecule has 10 nitrogen and oxygen atoms in total. The van der Waals surface area contributed by atoms with Gasteiger partial charge < -0.3 is 19.9 Å². The number of carbonyl (C=O) groups is 4. The van der Waals surface area contributed by atoms with Gasteiger partial charge in [-0.15, -0.1) is 0 Å². The highest BCUT2D eigenvalue weighted by molar-refractivity contribution is 5.91. The molecule has 1 unspecified atom stereocenters. The summed E-state index contributed by atoms with van der Waals surface area (Å²) in [6.45, 7) is 13.0. The average molecular weight is 632 g/mol. The first-order chi connectivity index (χ1) is 21.3. The molecule has 4 fully saturated rings. The molecule has 3 aliphatic heterocycles. The van der Waals surface area contributed by atoms with E-state index in [9.17, 15) is 19.2 Å². The van der Waals surface area contributed by atoms with E-state index < -0.39 is 17.5 Å². The normalized spacial score (nSPS) is 26.9. The van der Waals surface area contributed by atoms with E-state index in [1.54, 1.807) is 4.90 Å². The molecule has 10 heteroatoms. The lowest BCUT2D eigenvalue weighted by Gasteiger charge is -2.41. The summed E-state index contributed by atoms with van der Waals surface area (Å²) < 4.78 is 5.90. The molecular formula is C35H61N5O5. The number of nitrogens with zero attached hydrogens (tertiary/aromatic N) is 4. The van der Waals surface area contributed by atoms with E-state index in [-0.39, 0.29) is 53.8 Å². The van der Waals surface area contributed by atoms with Crippen molar-refractivity contribution in [3.05, 3.63) is 0 Å². The maximum atomic E-state index is 14.2. The molecule has 4 aliphatic rings. The lowest BCUT2D eigenvalue weighted by Crippen LogP contribution is -2.61. The van der Waals surface area contributed by atoms with Crippen molar-refractivity contribution >= 4 is 23.7 Å². The van der Waals surface area contributed by atoms with Crippen LogP contribution >= 0.6 is 0 Å². The predicted octanol–water partition coefficient (Wildman–Crippen LogP) is 3.82. The summed E-state index contributed by atoms with van der Waals surface area (Å²) in [5.41, 5.74) is -0.473. The van der Waals surface area contributed by atoms with Crippen LogP contribution in [0.4, 0.5) is 0 Å². The molecule has 0 aromatic rings. The molecule has 0 radical (unpaired) electrons. The Kier molecular flexibility index (Phi) is 12.4. The predicted molar refractivity (Wildman–Crippen MR) is 175 cm³/mol. The highest BCUT2D eigenvalue weighted by Gasteiger charge is 2.44. The van der Waals surface area contributed by atoms with Crippen molar-refractivity contribution < 1.29 is 23.9 Å². The maximum absolute atomic E-state index is 14.2. The summed E-state index contributed by atoms with van der Waals surface area (Å²) in [6.07, 6.45) is 11.2. The number of hydrogen-bond acceptors (Lipinski definition) is 7. The van der Waals surface area contributed by atoms with E-state index in [0.29, 0.717) is 19.5 Å². The smallest absolute Gasteiger partial charge is 0.329 e.